The van der Waals surface area contributed by atoms with Crippen molar-refractivity contribution in [2.24, 2.45) is 0 Å². The van der Waals surface area contributed by atoms with Gasteiger partial charge in [0.25, 0.3) is 0 Å². The molecule has 0 fully saturated rings. The van der Waals surface area contributed by atoms with Crippen LogP contribution < -0.4 is 0 Å². The summed E-state index contributed by atoms with van der Waals surface area (Å²) in [5.41, 5.74) is 2.92. The minimum Gasteiger partial charge on any atom is -0.388 e. The predicted molar refractivity (Wildman–Crippen MR) is 81.1 cm³/mol. The molecule has 4 heteroatoms. The molecule has 0 amide bonds. The Balaban J connectivity index is 1.71. The van der Waals surface area contributed by atoms with Gasteiger partial charge in [-0.1, -0.05) is 53.7 Å². The Morgan fingerprint density at radius 2 is 1.62 bits per heavy atom. The third-order valence-electron chi connectivity index (χ3n) is 3.48. The van der Waals surface area contributed by atoms with E-state index in [-0.39, 0.29) is 0 Å². The van der Waals surface area contributed by atoms with Crippen LogP contribution in [0.3, 0.4) is 0 Å². The number of para-hydroxylation sites is 1. The van der Waals surface area contributed by atoms with Crippen LogP contribution in [0.1, 0.15) is 23.8 Å². The fourth-order valence-corrected chi connectivity index (χ4v) is 2.34. The van der Waals surface area contributed by atoms with E-state index in [1.54, 1.807) is 6.20 Å². The summed E-state index contributed by atoms with van der Waals surface area (Å²) in [5, 5.41) is 18.3. The Morgan fingerprint density at radius 3 is 2.33 bits per heavy atom. The summed E-state index contributed by atoms with van der Waals surface area (Å²) < 4.78 is 1.82. The molecule has 0 radical (unpaired) electrons. The Hall–Kier alpha value is -2.46. The number of hydrogen-bond acceptors (Lipinski definition) is 3. The molecular formula is C17H17N3O. The topological polar surface area (TPSA) is 50.9 Å². The third kappa shape index (κ3) is 3.17. The zero-order valence-corrected chi connectivity index (χ0v) is 11.6. The fourth-order valence-electron chi connectivity index (χ4n) is 2.34. The van der Waals surface area contributed by atoms with Gasteiger partial charge in [0.15, 0.2) is 0 Å². The van der Waals surface area contributed by atoms with E-state index in [1.807, 2.05) is 65.3 Å². The highest BCUT2D eigenvalue weighted by Crippen LogP contribution is 2.19. The second kappa shape index (κ2) is 6.33. The van der Waals surface area contributed by atoms with Crippen molar-refractivity contribution in [3.63, 3.8) is 0 Å². The lowest BCUT2D eigenvalue weighted by atomic mass is 10.0. The standard InChI is InChI=1S/C17H17N3O/c21-17(14-7-3-1-4-8-14)12-11-16-13-18-19-20(16)15-9-5-2-6-10-15/h1-10,13,17,21H,11-12H2. The normalized spacial score (nSPS) is 12.2. The van der Waals surface area contributed by atoms with Crippen LogP contribution >= 0.6 is 0 Å². The zero-order valence-electron chi connectivity index (χ0n) is 11.6. The minimum atomic E-state index is -0.467. The molecule has 1 N–H and O–H groups in total. The number of aliphatic hydroxyl groups excluding tert-OH is 1. The average Bonchev–Trinajstić information content (AvgIpc) is 3.03. The van der Waals surface area contributed by atoms with Crippen LogP contribution in [-0.4, -0.2) is 20.1 Å². The minimum absolute atomic E-state index is 0.467. The SMILES string of the molecule is OC(CCc1cnnn1-c1ccccc1)c1ccccc1. The molecule has 3 aromatic rings. The molecule has 106 valence electrons. The van der Waals surface area contributed by atoms with Gasteiger partial charge in [0.2, 0.25) is 0 Å². The van der Waals surface area contributed by atoms with E-state index in [0.29, 0.717) is 6.42 Å². The second-order valence-corrected chi connectivity index (χ2v) is 4.94. The van der Waals surface area contributed by atoms with E-state index >= 15 is 0 Å². The first-order chi connectivity index (χ1) is 10.3. The quantitative estimate of drug-likeness (QED) is 0.781. The summed E-state index contributed by atoms with van der Waals surface area (Å²) in [6.07, 6.45) is 2.65. The number of nitrogens with zero attached hydrogens (tertiary/aromatic N) is 3. The van der Waals surface area contributed by atoms with Gasteiger partial charge in [0.05, 0.1) is 23.7 Å². The van der Waals surface area contributed by atoms with Crippen LogP contribution in [0.25, 0.3) is 5.69 Å². The van der Waals surface area contributed by atoms with E-state index in [1.165, 1.54) is 0 Å². The van der Waals surface area contributed by atoms with Crippen LogP contribution in [-0.2, 0) is 6.42 Å². The maximum Gasteiger partial charge on any atom is 0.0793 e. The van der Waals surface area contributed by atoms with Crippen LogP contribution in [0.2, 0.25) is 0 Å². The number of benzene rings is 2. The van der Waals surface area contributed by atoms with Crippen molar-refractivity contribution in [1.29, 1.82) is 0 Å². The van der Waals surface area contributed by atoms with Crippen molar-refractivity contribution < 1.29 is 5.11 Å². The summed E-state index contributed by atoms with van der Waals surface area (Å²) in [7, 11) is 0. The fraction of sp³-hybridized carbons (Fsp3) is 0.176. The molecule has 0 aliphatic carbocycles. The molecule has 0 spiro atoms. The first-order valence-corrected chi connectivity index (χ1v) is 7.02. The van der Waals surface area contributed by atoms with Gasteiger partial charge in [-0.3, -0.25) is 0 Å². The number of aliphatic hydroxyl groups is 1. The highest BCUT2D eigenvalue weighted by Gasteiger charge is 2.11. The molecule has 0 aliphatic heterocycles. The van der Waals surface area contributed by atoms with Gasteiger partial charge in [-0.25, -0.2) is 4.68 Å². The molecule has 0 bridgehead atoms. The number of hydrogen-bond donors (Lipinski definition) is 1. The number of aromatic nitrogens is 3. The smallest absolute Gasteiger partial charge is 0.0793 e. The molecule has 0 aliphatic rings. The molecule has 1 atom stereocenters. The first kappa shape index (κ1) is 13.5. The van der Waals surface area contributed by atoms with Gasteiger partial charge in [0, 0.05) is 0 Å². The highest BCUT2D eigenvalue weighted by atomic mass is 16.3. The van der Waals surface area contributed by atoms with Gasteiger partial charge in [0.1, 0.15) is 0 Å². The number of aryl methyl sites for hydroxylation is 1. The van der Waals surface area contributed by atoms with Crippen LogP contribution in [0.5, 0.6) is 0 Å². The summed E-state index contributed by atoms with van der Waals surface area (Å²) in [6.45, 7) is 0. The van der Waals surface area contributed by atoms with E-state index in [0.717, 1.165) is 23.4 Å². The monoisotopic (exact) mass is 279 g/mol. The van der Waals surface area contributed by atoms with Gasteiger partial charge >= 0.3 is 0 Å². The summed E-state index contributed by atoms with van der Waals surface area (Å²) in [5.74, 6) is 0. The van der Waals surface area contributed by atoms with Crippen molar-refractivity contribution in [2.45, 2.75) is 18.9 Å². The van der Waals surface area contributed by atoms with Crippen LogP contribution in [0, 0.1) is 0 Å². The van der Waals surface area contributed by atoms with Gasteiger partial charge < -0.3 is 5.11 Å². The Kier molecular flexibility index (Phi) is 4.07. The molecule has 1 unspecified atom stereocenters. The Morgan fingerprint density at radius 1 is 0.952 bits per heavy atom. The molecular weight excluding hydrogens is 262 g/mol. The molecule has 2 aromatic carbocycles. The lowest BCUT2D eigenvalue weighted by molar-refractivity contribution is 0.167. The average molecular weight is 279 g/mol. The second-order valence-electron chi connectivity index (χ2n) is 4.94. The van der Waals surface area contributed by atoms with E-state index in [4.69, 9.17) is 0 Å². The Labute approximate surface area is 123 Å². The molecule has 1 heterocycles. The lowest BCUT2D eigenvalue weighted by Gasteiger charge is -2.11. The molecule has 0 saturated heterocycles. The Bertz CT molecular complexity index is 680. The molecule has 4 nitrogen and oxygen atoms in total. The predicted octanol–water partition coefficient (Wildman–Crippen LogP) is 2.93. The summed E-state index contributed by atoms with van der Waals surface area (Å²) in [4.78, 5) is 0. The molecule has 1 aromatic heterocycles. The lowest BCUT2D eigenvalue weighted by Crippen LogP contribution is -2.05. The van der Waals surface area contributed by atoms with Crippen molar-refractivity contribution in [3.8, 4) is 5.69 Å². The van der Waals surface area contributed by atoms with Crippen molar-refractivity contribution in [1.82, 2.24) is 15.0 Å². The van der Waals surface area contributed by atoms with Crippen molar-refractivity contribution >= 4 is 0 Å². The summed E-state index contributed by atoms with van der Waals surface area (Å²) in [6, 6.07) is 19.6. The van der Waals surface area contributed by atoms with E-state index in [2.05, 4.69) is 10.3 Å². The molecule has 3 rings (SSSR count). The zero-order chi connectivity index (χ0) is 14.5. The maximum atomic E-state index is 10.2. The molecule has 21 heavy (non-hydrogen) atoms. The maximum absolute atomic E-state index is 10.2. The van der Waals surface area contributed by atoms with Crippen molar-refractivity contribution in [3.05, 3.63) is 78.1 Å². The van der Waals surface area contributed by atoms with Crippen molar-refractivity contribution in [2.75, 3.05) is 0 Å². The first-order valence-electron chi connectivity index (χ1n) is 7.02. The summed E-state index contributed by atoms with van der Waals surface area (Å²) >= 11 is 0. The van der Waals surface area contributed by atoms with Crippen LogP contribution in [0.4, 0.5) is 0 Å². The highest BCUT2D eigenvalue weighted by molar-refractivity contribution is 5.31. The van der Waals surface area contributed by atoms with Gasteiger partial charge in [-0.15, -0.1) is 5.10 Å². The molecule has 0 saturated carbocycles. The largest absolute Gasteiger partial charge is 0.388 e. The van der Waals surface area contributed by atoms with Gasteiger partial charge in [-0.05, 0) is 30.5 Å². The van der Waals surface area contributed by atoms with E-state index < -0.39 is 6.10 Å². The van der Waals surface area contributed by atoms with Gasteiger partial charge in [-0.2, -0.15) is 0 Å². The third-order valence-corrected chi connectivity index (χ3v) is 3.48. The number of rotatable bonds is 5. The van der Waals surface area contributed by atoms with E-state index in [9.17, 15) is 5.11 Å². The van der Waals surface area contributed by atoms with Crippen LogP contribution in [0.15, 0.2) is 66.9 Å².